The summed E-state index contributed by atoms with van der Waals surface area (Å²) in [5.41, 5.74) is -0.361. The van der Waals surface area contributed by atoms with Gasteiger partial charge in [0, 0.05) is 54.5 Å². The van der Waals surface area contributed by atoms with Crippen molar-refractivity contribution >= 4 is 17.5 Å². The third kappa shape index (κ3) is 2.83. The zero-order chi connectivity index (χ0) is 15.6. The Kier molecular flexibility index (Phi) is 4.12. The maximum Gasteiger partial charge on any atom is 0.253 e. The minimum atomic E-state index is -1.46. The molecule has 1 saturated heterocycles. The largest absolute Gasteiger partial charge is 0.338 e. The van der Waals surface area contributed by atoms with Crippen LogP contribution in [0.25, 0.3) is 0 Å². The highest BCUT2D eigenvalue weighted by molar-refractivity contribution is 6.31. The van der Waals surface area contributed by atoms with Gasteiger partial charge in [0.2, 0.25) is 0 Å². The van der Waals surface area contributed by atoms with Crippen LogP contribution in [0.15, 0.2) is 48.8 Å². The molecule has 114 valence electrons. The van der Waals surface area contributed by atoms with Crippen LogP contribution in [0.1, 0.15) is 28.8 Å². The van der Waals surface area contributed by atoms with Crippen molar-refractivity contribution in [2.75, 3.05) is 13.1 Å². The molecule has 1 aliphatic heterocycles. The first-order chi connectivity index (χ1) is 10.6. The van der Waals surface area contributed by atoms with E-state index in [1.54, 1.807) is 53.7 Å². The molecule has 1 aromatic carbocycles. The van der Waals surface area contributed by atoms with E-state index in [-0.39, 0.29) is 18.7 Å². The summed E-state index contributed by atoms with van der Waals surface area (Å²) >= 11 is 6.11. The van der Waals surface area contributed by atoms with Gasteiger partial charge in [-0.15, -0.1) is 0 Å². The van der Waals surface area contributed by atoms with Crippen molar-refractivity contribution in [2.45, 2.75) is 18.5 Å². The van der Waals surface area contributed by atoms with Gasteiger partial charge in [0.1, 0.15) is 5.67 Å². The molecule has 0 radical (unpaired) electrons. The topological polar surface area (TPSA) is 33.2 Å². The maximum atomic E-state index is 15.2. The molecule has 1 aromatic heterocycles. The van der Waals surface area contributed by atoms with Gasteiger partial charge >= 0.3 is 0 Å². The van der Waals surface area contributed by atoms with E-state index in [1.807, 2.05) is 0 Å². The lowest BCUT2D eigenvalue weighted by molar-refractivity contribution is 0.0422. The van der Waals surface area contributed by atoms with Crippen LogP contribution in [0.2, 0.25) is 5.02 Å². The first kappa shape index (κ1) is 15.0. The second-order valence-electron chi connectivity index (χ2n) is 5.47. The number of carbonyl (C=O) groups excluding carboxylic acids is 1. The smallest absolute Gasteiger partial charge is 0.253 e. The van der Waals surface area contributed by atoms with Crippen molar-refractivity contribution in [3.63, 3.8) is 0 Å². The molecule has 3 nitrogen and oxygen atoms in total. The Morgan fingerprint density at radius 2 is 1.77 bits per heavy atom. The monoisotopic (exact) mass is 318 g/mol. The van der Waals surface area contributed by atoms with E-state index < -0.39 is 5.67 Å². The van der Waals surface area contributed by atoms with E-state index >= 15 is 4.39 Å². The van der Waals surface area contributed by atoms with E-state index in [9.17, 15) is 4.79 Å². The molecule has 0 saturated carbocycles. The van der Waals surface area contributed by atoms with Crippen LogP contribution in [-0.2, 0) is 5.67 Å². The summed E-state index contributed by atoms with van der Waals surface area (Å²) < 4.78 is 15.2. The molecule has 0 aliphatic carbocycles. The highest BCUT2D eigenvalue weighted by atomic mass is 35.5. The molecule has 1 amide bonds. The van der Waals surface area contributed by atoms with Crippen molar-refractivity contribution in [1.29, 1.82) is 0 Å². The van der Waals surface area contributed by atoms with E-state index in [0.29, 0.717) is 29.2 Å². The molecule has 0 atom stereocenters. The summed E-state index contributed by atoms with van der Waals surface area (Å²) in [5, 5.41) is 0.443. The molecule has 2 aromatic rings. The third-order valence-corrected chi connectivity index (χ3v) is 4.46. The zero-order valence-corrected chi connectivity index (χ0v) is 12.8. The summed E-state index contributed by atoms with van der Waals surface area (Å²) in [7, 11) is 0. The minimum Gasteiger partial charge on any atom is -0.338 e. The Morgan fingerprint density at radius 1 is 1.14 bits per heavy atom. The number of halogens is 2. The number of nitrogens with zero attached hydrogens (tertiary/aromatic N) is 2. The number of piperidine rings is 1. The van der Waals surface area contributed by atoms with Gasteiger partial charge in [-0.05, 0) is 18.2 Å². The van der Waals surface area contributed by atoms with Crippen LogP contribution in [0.5, 0.6) is 0 Å². The molecule has 1 aliphatic rings. The lowest BCUT2D eigenvalue weighted by Crippen LogP contribution is -2.43. The van der Waals surface area contributed by atoms with E-state index in [0.717, 1.165) is 0 Å². The van der Waals surface area contributed by atoms with Gasteiger partial charge in [-0.1, -0.05) is 29.8 Å². The van der Waals surface area contributed by atoms with Crippen LogP contribution in [0.3, 0.4) is 0 Å². The van der Waals surface area contributed by atoms with Crippen LogP contribution < -0.4 is 0 Å². The van der Waals surface area contributed by atoms with Gasteiger partial charge in [-0.2, -0.15) is 0 Å². The van der Waals surface area contributed by atoms with Crippen LogP contribution >= 0.6 is 11.6 Å². The molecule has 0 bridgehead atoms. The van der Waals surface area contributed by atoms with Gasteiger partial charge in [-0.25, -0.2) is 4.39 Å². The van der Waals surface area contributed by atoms with Gasteiger partial charge in [0.05, 0.1) is 0 Å². The molecular weight excluding hydrogens is 303 g/mol. The maximum absolute atomic E-state index is 15.2. The fraction of sp³-hybridized carbons (Fsp3) is 0.294. The molecule has 22 heavy (non-hydrogen) atoms. The Morgan fingerprint density at radius 3 is 2.41 bits per heavy atom. The van der Waals surface area contributed by atoms with Crippen LogP contribution in [-0.4, -0.2) is 28.9 Å². The van der Waals surface area contributed by atoms with Gasteiger partial charge in [-0.3, -0.25) is 9.78 Å². The summed E-state index contributed by atoms with van der Waals surface area (Å²) in [4.78, 5) is 17.9. The Labute approximate surface area is 133 Å². The molecule has 0 spiro atoms. The van der Waals surface area contributed by atoms with Crippen molar-refractivity contribution in [3.05, 3.63) is 64.9 Å². The zero-order valence-electron chi connectivity index (χ0n) is 12.0. The average Bonchev–Trinajstić information content (AvgIpc) is 2.56. The second kappa shape index (κ2) is 6.05. The molecule has 2 heterocycles. The second-order valence-corrected chi connectivity index (χ2v) is 5.88. The summed E-state index contributed by atoms with van der Waals surface area (Å²) in [6.07, 6.45) is 3.68. The lowest BCUT2D eigenvalue weighted by Gasteiger charge is -2.37. The summed E-state index contributed by atoms with van der Waals surface area (Å²) in [6.45, 7) is 0.756. The predicted octanol–water partition coefficient (Wildman–Crippen LogP) is 3.84. The number of hydrogen-bond donors (Lipinski definition) is 0. The fourth-order valence-corrected chi connectivity index (χ4v) is 3.14. The summed E-state index contributed by atoms with van der Waals surface area (Å²) in [5.74, 6) is -0.0800. The predicted molar refractivity (Wildman–Crippen MR) is 83.6 cm³/mol. The van der Waals surface area contributed by atoms with Crippen LogP contribution in [0.4, 0.5) is 4.39 Å². The lowest BCUT2D eigenvalue weighted by atomic mass is 9.86. The van der Waals surface area contributed by atoms with E-state index in [1.165, 1.54) is 0 Å². The number of rotatable bonds is 2. The quantitative estimate of drug-likeness (QED) is 0.843. The van der Waals surface area contributed by atoms with Gasteiger partial charge < -0.3 is 4.90 Å². The highest BCUT2D eigenvalue weighted by Crippen LogP contribution is 2.40. The molecule has 0 N–H and O–H groups in total. The number of aromatic nitrogens is 1. The standard InChI is InChI=1S/C17H16ClFN2O/c18-15-4-2-1-3-14(15)17(19)7-11-21(12-8-17)16(22)13-5-9-20-10-6-13/h1-6,9-10H,7-8,11-12H2. The molecule has 3 rings (SSSR count). The number of benzene rings is 1. The Hall–Kier alpha value is -1.94. The number of alkyl halides is 1. The molecule has 1 fully saturated rings. The first-order valence-corrected chi connectivity index (χ1v) is 7.61. The SMILES string of the molecule is O=C(c1ccncc1)N1CCC(F)(c2ccccc2Cl)CC1. The number of amides is 1. The van der Waals surface area contributed by atoms with Gasteiger partial charge in [0.25, 0.3) is 5.91 Å². The first-order valence-electron chi connectivity index (χ1n) is 7.23. The van der Waals surface area contributed by atoms with Crippen molar-refractivity contribution in [2.24, 2.45) is 0 Å². The van der Waals surface area contributed by atoms with E-state index in [2.05, 4.69) is 4.98 Å². The van der Waals surface area contributed by atoms with Crippen molar-refractivity contribution in [3.8, 4) is 0 Å². The normalized spacial score (nSPS) is 17.3. The number of hydrogen-bond acceptors (Lipinski definition) is 2. The van der Waals surface area contributed by atoms with Crippen LogP contribution in [0, 0.1) is 0 Å². The summed E-state index contributed by atoms with van der Waals surface area (Å²) in [6, 6.07) is 10.4. The highest BCUT2D eigenvalue weighted by Gasteiger charge is 2.38. The average molecular weight is 319 g/mol. The Balaban J connectivity index is 1.73. The minimum absolute atomic E-state index is 0.0800. The number of likely N-dealkylation sites (tertiary alicyclic amines) is 1. The Bertz CT molecular complexity index is 669. The molecule has 5 heteroatoms. The fourth-order valence-electron chi connectivity index (χ4n) is 2.84. The molecular formula is C17H16ClFN2O. The van der Waals surface area contributed by atoms with Crippen molar-refractivity contribution in [1.82, 2.24) is 9.88 Å². The number of carbonyl (C=O) groups is 1. The third-order valence-electron chi connectivity index (χ3n) is 4.13. The van der Waals surface area contributed by atoms with E-state index in [4.69, 9.17) is 11.6 Å². The van der Waals surface area contributed by atoms with Crippen molar-refractivity contribution < 1.29 is 9.18 Å². The van der Waals surface area contributed by atoms with Gasteiger partial charge in [0.15, 0.2) is 0 Å². The molecule has 0 unspecified atom stereocenters. The number of pyridine rings is 1.